The van der Waals surface area contributed by atoms with Crippen LogP contribution in [0.3, 0.4) is 0 Å². The maximum absolute atomic E-state index is 6.71. The Labute approximate surface area is 329 Å². The summed E-state index contributed by atoms with van der Waals surface area (Å²) >= 11 is 0. The van der Waals surface area contributed by atoms with E-state index in [1.807, 2.05) is 30.5 Å². The van der Waals surface area contributed by atoms with Crippen LogP contribution in [0.15, 0.2) is 213 Å². The molecule has 0 aliphatic heterocycles. The van der Waals surface area contributed by atoms with Crippen molar-refractivity contribution in [3.05, 3.63) is 213 Å². The van der Waals surface area contributed by atoms with Crippen molar-refractivity contribution in [1.82, 2.24) is 14.1 Å². The van der Waals surface area contributed by atoms with Crippen LogP contribution in [-0.4, -0.2) is 14.1 Å². The number of nitrogens with zero attached hydrogens (tertiary/aromatic N) is 4. The maximum Gasteiger partial charge on any atom is 0.255 e. The van der Waals surface area contributed by atoms with Gasteiger partial charge in [0.1, 0.15) is 28.7 Å². The highest BCUT2D eigenvalue weighted by molar-refractivity contribution is 6.09. The van der Waals surface area contributed by atoms with Crippen LogP contribution in [-0.2, 0) is 0 Å². The largest absolute Gasteiger partial charge is 0.457 e. The van der Waals surface area contributed by atoms with Crippen LogP contribution in [0.4, 0.5) is 0 Å². The standard InChI is InChI=1S/C52H35N4O/c1-3-15-36(16-4-1)42-24-14-25-43(37-17-5-2-6-18-37)51(42)55-35-54(48-31-28-38-19-7-8-22-44(38)52(48)55)39-20-13-21-40(33-39)57-41-29-30-46-45-23-9-10-26-47(45)56(49(46)34-41)50-27-11-12-32-53-50/h1-35H/q+1. The normalized spacial score (nSPS) is 11.5. The lowest BCUT2D eigenvalue weighted by Crippen LogP contribution is -2.31. The topological polar surface area (TPSA) is 35.9 Å². The molecule has 8 aromatic carbocycles. The minimum Gasteiger partial charge on any atom is -0.457 e. The first kappa shape index (κ1) is 32.7. The Morgan fingerprint density at radius 1 is 0.456 bits per heavy atom. The molecule has 11 rings (SSSR count). The fourth-order valence-electron chi connectivity index (χ4n) is 8.39. The number of rotatable bonds is 7. The summed E-state index contributed by atoms with van der Waals surface area (Å²) in [6.45, 7) is 0. The average molecular weight is 732 g/mol. The van der Waals surface area contributed by atoms with Crippen LogP contribution in [0.25, 0.3) is 83.1 Å². The highest BCUT2D eigenvalue weighted by Gasteiger charge is 2.27. The number of hydrogen-bond donors (Lipinski definition) is 0. The number of aromatic nitrogens is 4. The smallest absolute Gasteiger partial charge is 0.255 e. The van der Waals surface area contributed by atoms with Crippen LogP contribution in [0.1, 0.15) is 0 Å². The van der Waals surface area contributed by atoms with E-state index in [-0.39, 0.29) is 0 Å². The molecule has 0 saturated carbocycles. The van der Waals surface area contributed by atoms with Gasteiger partial charge in [0.15, 0.2) is 11.0 Å². The van der Waals surface area contributed by atoms with Crippen LogP contribution >= 0.6 is 0 Å². The van der Waals surface area contributed by atoms with Gasteiger partial charge in [0.2, 0.25) is 0 Å². The molecule has 0 amide bonds. The zero-order chi connectivity index (χ0) is 37.7. The molecule has 3 aromatic heterocycles. The summed E-state index contributed by atoms with van der Waals surface area (Å²) < 4.78 is 13.6. The van der Waals surface area contributed by atoms with Crippen LogP contribution < -0.4 is 9.30 Å². The molecule has 0 aliphatic rings. The molecule has 0 spiro atoms. The van der Waals surface area contributed by atoms with Gasteiger partial charge < -0.3 is 4.74 Å². The summed E-state index contributed by atoms with van der Waals surface area (Å²) in [6.07, 6.45) is 4.07. The number of para-hydroxylation sites is 2. The van der Waals surface area contributed by atoms with Crippen molar-refractivity contribution in [2.75, 3.05) is 0 Å². The van der Waals surface area contributed by atoms with Gasteiger partial charge in [-0.25, -0.2) is 4.98 Å². The van der Waals surface area contributed by atoms with Crippen molar-refractivity contribution in [1.29, 1.82) is 0 Å². The van der Waals surface area contributed by atoms with Gasteiger partial charge in [-0.05, 0) is 77.2 Å². The highest BCUT2D eigenvalue weighted by Crippen LogP contribution is 2.38. The third-order valence-electron chi connectivity index (χ3n) is 10.9. The van der Waals surface area contributed by atoms with E-state index in [1.165, 1.54) is 16.2 Å². The highest BCUT2D eigenvalue weighted by atomic mass is 16.5. The van der Waals surface area contributed by atoms with Crippen LogP contribution in [0.2, 0.25) is 0 Å². The fourth-order valence-corrected chi connectivity index (χ4v) is 8.39. The van der Waals surface area contributed by atoms with Gasteiger partial charge >= 0.3 is 0 Å². The molecule has 0 aliphatic carbocycles. The molecule has 5 heteroatoms. The number of fused-ring (bicyclic) bond motifs is 6. The minimum atomic E-state index is 0.746. The molecule has 0 fully saturated rings. The van der Waals surface area contributed by atoms with E-state index in [0.29, 0.717) is 0 Å². The zero-order valence-corrected chi connectivity index (χ0v) is 30.9. The Hall–Kier alpha value is -7.76. The molecule has 0 atom stereocenters. The number of benzene rings is 8. The van der Waals surface area contributed by atoms with Gasteiger partial charge in [-0.15, -0.1) is 0 Å². The molecule has 0 bridgehead atoms. The lowest BCUT2D eigenvalue weighted by Gasteiger charge is -2.13. The fraction of sp³-hybridized carbons (Fsp3) is 0. The Morgan fingerprint density at radius 2 is 1.12 bits per heavy atom. The van der Waals surface area contributed by atoms with E-state index in [0.717, 1.165) is 78.4 Å². The molecule has 11 aromatic rings. The second-order valence-electron chi connectivity index (χ2n) is 14.3. The van der Waals surface area contributed by atoms with Gasteiger partial charge in [-0.1, -0.05) is 127 Å². The van der Waals surface area contributed by atoms with Gasteiger partial charge in [0.05, 0.1) is 11.0 Å². The third kappa shape index (κ3) is 5.56. The van der Waals surface area contributed by atoms with Gasteiger partial charge in [0, 0.05) is 45.6 Å². The summed E-state index contributed by atoms with van der Waals surface area (Å²) in [5, 5.41) is 4.69. The molecule has 0 radical (unpaired) electrons. The van der Waals surface area contributed by atoms with Crippen molar-refractivity contribution in [2.45, 2.75) is 0 Å². The van der Waals surface area contributed by atoms with Crippen molar-refractivity contribution >= 4 is 43.6 Å². The lowest BCUT2D eigenvalue weighted by molar-refractivity contribution is -0.565. The van der Waals surface area contributed by atoms with Crippen molar-refractivity contribution < 1.29 is 9.30 Å². The second kappa shape index (κ2) is 13.5. The van der Waals surface area contributed by atoms with Gasteiger partial charge in [-0.3, -0.25) is 4.57 Å². The lowest BCUT2D eigenvalue weighted by atomic mass is 9.95. The predicted octanol–water partition coefficient (Wildman–Crippen LogP) is 12.7. The van der Waals surface area contributed by atoms with E-state index in [4.69, 9.17) is 9.72 Å². The summed E-state index contributed by atoms with van der Waals surface area (Å²) in [7, 11) is 0. The van der Waals surface area contributed by atoms with E-state index in [1.54, 1.807) is 0 Å². The minimum absolute atomic E-state index is 0.746. The molecular weight excluding hydrogens is 697 g/mol. The monoisotopic (exact) mass is 731 g/mol. The number of pyridine rings is 1. The summed E-state index contributed by atoms with van der Waals surface area (Å²) in [4.78, 5) is 4.71. The van der Waals surface area contributed by atoms with E-state index < -0.39 is 0 Å². The molecule has 0 saturated heterocycles. The van der Waals surface area contributed by atoms with Gasteiger partial charge in [-0.2, -0.15) is 9.13 Å². The number of ether oxygens (including phenoxy) is 1. The molecule has 5 nitrogen and oxygen atoms in total. The number of imidazole rings is 1. The van der Waals surface area contributed by atoms with Crippen molar-refractivity contribution in [3.63, 3.8) is 0 Å². The summed E-state index contributed by atoms with van der Waals surface area (Å²) in [5.41, 5.74) is 11.1. The molecule has 268 valence electrons. The van der Waals surface area contributed by atoms with Crippen LogP contribution in [0, 0.1) is 0 Å². The predicted molar refractivity (Wildman–Crippen MR) is 232 cm³/mol. The molecular formula is C52H35N4O+. The maximum atomic E-state index is 6.71. The zero-order valence-electron chi connectivity index (χ0n) is 30.9. The third-order valence-corrected chi connectivity index (χ3v) is 10.9. The Morgan fingerprint density at radius 3 is 1.89 bits per heavy atom. The first-order valence-corrected chi connectivity index (χ1v) is 19.2. The Bertz CT molecular complexity index is 3200. The van der Waals surface area contributed by atoms with E-state index in [2.05, 4.69) is 196 Å². The Balaban J connectivity index is 1.09. The van der Waals surface area contributed by atoms with Crippen molar-refractivity contribution in [3.8, 4) is 50.9 Å². The van der Waals surface area contributed by atoms with E-state index >= 15 is 0 Å². The summed E-state index contributed by atoms with van der Waals surface area (Å²) in [5.74, 6) is 2.37. The van der Waals surface area contributed by atoms with Crippen LogP contribution in [0.5, 0.6) is 11.5 Å². The van der Waals surface area contributed by atoms with Gasteiger partial charge in [0.25, 0.3) is 6.33 Å². The molecule has 3 heterocycles. The average Bonchev–Trinajstić information content (AvgIpc) is 3.83. The molecule has 0 N–H and O–H groups in total. The molecule has 0 unspecified atom stereocenters. The van der Waals surface area contributed by atoms with E-state index in [9.17, 15) is 0 Å². The quantitative estimate of drug-likeness (QED) is 0.153. The number of hydrogen-bond acceptors (Lipinski definition) is 2. The first-order chi connectivity index (χ1) is 28.3. The Kier molecular flexibility index (Phi) is 7.74. The first-order valence-electron chi connectivity index (χ1n) is 19.2. The SMILES string of the molecule is c1ccc(-c2cccc(-c3ccccc3)c2-[n+]2cn(-c3cccc(Oc4ccc5c6ccccc6n(-c6ccccn6)c5c4)c3)c3ccc4ccccc4c32)cc1. The van der Waals surface area contributed by atoms with Crippen molar-refractivity contribution in [2.24, 2.45) is 0 Å². The summed E-state index contributed by atoms with van der Waals surface area (Å²) in [6, 6.07) is 70.3. The second-order valence-corrected chi connectivity index (χ2v) is 14.3. The molecule has 57 heavy (non-hydrogen) atoms.